The van der Waals surface area contributed by atoms with E-state index in [1.54, 1.807) is 12.1 Å². The van der Waals surface area contributed by atoms with Gasteiger partial charge in [-0.05, 0) is 43.4 Å². The lowest BCUT2D eigenvalue weighted by Crippen LogP contribution is -2.48. The summed E-state index contributed by atoms with van der Waals surface area (Å²) in [5.41, 5.74) is 0.707. The van der Waals surface area contributed by atoms with Crippen molar-refractivity contribution in [3.05, 3.63) is 29.6 Å². The Bertz CT molecular complexity index is 557. The van der Waals surface area contributed by atoms with E-state index in [1.807, 2.05) is 6.92 Å². The molecule has 1 aliphatic heterocycles. The molecule has 1 amide bonds. The first kappa shape index (κ1) is 16.2. The summed E-state index contributed by atoms with van der Waals surface area (Å²) in [6.45, 7) is 4.18. The highest BCUT2D eigenvalue weighted by molar-refractivity contribution is 5.81. The second-order valence-electron chi connectivity index (χ2n) is 6.24. The zero-order valence-corrected chi connectivity index (χ0v) is 13.3. The summed E-state index contributed by atoms with van der Waals surface area (Å²) in [7, 11) is 0. The van der Waals surface area contributed by atoms with Gasteiger partial charge in [-0.3, -0.25) is 4.79 Å². The quantitative estimate of drug-likeness (QED) is 0.838. The van der Waals surface area contributed by atoms with Crippen LogP contribution in [-0.4, -0.2) is 38.3 Å². The van der Waals surface area contributed by atoms with Gasteiger partial charge in [-0.2, -0.15) is 0 Å². The van der Waals surface area contributed by atoms with Gasteiger partial charge in [0.25, 0.3) is 5.91 Å². The first-order valence-electron chi connectivity index (χ1n) is 8.18. The van der Waals surface area contributed by atoms with Crippen LogP contribution in [0.4, 0.5) is 4.39 Å². The van der Waals surface area contributed by atoms with Gasteiger partial charge in [0.05, 0.1) is 19.3 Å². The van der Waals surface area contributed by atoms with Crippen molar-refractivity contribution in [1.29, 1.82) is 0 Å². The first-order chi connectivity index (χ1) is 11.1. The molecule has 1 aliphatic carbocycles. The molecule has 1 heterocycles. The zero-order valence-electron chi connectivity index (χ0n) is 13.3. The molecule has 2 atom stereocenters. The van der Waals surface area contributed by atoms with Crippen LogP contribution >= 0.6 is 0 Å². The van der Waals surface area contributed by atoms with E-state index >= 15 is 0 Å². The molecule has 3 rings (SSSR count). The third-order valence-electron chi connectivity index (χ3n) is 4.21. The van der Waals surface area contributed by atoms with Crippen LogP contribution in [0.15, 0.2) is 18.2 Å². The van der Waals surface area contributed by atoms with Crippen molar-refractivity contribution >= 4 is 5.91 Å². The number of carbonyl (C=O) groups is 1. The average molecular weight is 322 g/mol. The van der Waals surface area contributed by atoms with Gasteiger partial charge in [0, 0.05) is 13.1 Å². The predicted molar refractivity (Wildman–Crippen MR) is 83.8 cm³/mol. The fourth-order valence-corrected chi connectivity index (χ4v) is 2.52. The Hall–Kier alpha value is -1.66. The van der Waals surface area contributed by atoms with Crippen LogP contribution in [0.5, 0.6) is 5.75 Å². The smallest absolute Gasteiger partial charge is 0.250 e. The number of carbonyl (C=O) groups excluding carboxylic acids is 1. The van der Waals surface area contributed by atoms with Crippen LogP contribution < -0.4 is 15.4 Å². The van der Waals surface area contributed by atoms with Gasteiger partial charge in [0.15, 0.2) is 11.6 Å². The number of rotatable bonds is 6. The SMILES string of the molecule is CC(NC(=O)C1CNCCO1)c1ccc(OCC2CC2)c(F)c1. The van der Waals surface area contributed by atoms with Crippen LogP contribution in [0, 0.1) is 11.7 Å². The summed E-state index contributed by atoms with van der Waals surface area (Å²) in [4.78, 5) is 12.1. The van der Waals surface area contributed by atoms with Gasteiger partial charge in [0.1, 0.15) is 6.10 Å². The van der Waals surface area contributed by atoms with Crippen molar-refractivity contribution in [3.63, 3.8) is 0 Å². The molecule has 5 nitrogen and oxygen atoms in total. The summed E-state index contributed by atoms with van der Waals surface area (Å²) >= 11 is 0. The fraction of sp³-hybridized carbons (Fsp3) is 0.588. The van der Waals surface area contributed by atoms with Crippen molar-refractivity contribution in [2.45, 2.75) is 31.9 Å². The van der Waals surface area contributed by atoms with Crippen LogP contribution in [-0.2, 0) is 9.53 Å². The lowest BCUT2D eigenvalue weighted by Gasteiger charge is -2.24. The van der Waals surface area contributed by atoms with E-state index in [-0.39, 0.29) is 23.5 Å². The van der Waals surface area contributed by atoms with Crippen LogP contribution in [0.2, 0.25) is 0 Å². The van der Waals surface area contributed by atoms with E-state index in [9.17, 15) is 9.18 Å². The van der Waals surface area contributed by atoms with Gasteiger partial charge >= 0.3 is 0 Å². The van der Waals surface area contributed by atoms with E-state index in [0.717, 1.165) is 6.54 Å². The standard InChI is InChI=1S/C17H23FN2O3/c1-11(20-17(21)16-9-19-6-7-22-16)13-4-5-15(14(18)8-13)23-10-12-2-3-12/h4-5,8,11-12,16,19H,2-3,6-7,9-10H2,1H3,(H,20,21). The number of morpholine rings is 1. The molecule has 0 bridgehead atoms. The second-order valence-corrected chi connectivity index (χ2v) is 6.24. The van der Waals surface area contributed by atoms with Crippen molar-refractivity contribution in [1.82, 2.24) is 10.6 Å². The van der Waals surface area contributed by atoms with Crippen molar-refractivity contribution in [2.24, 2.45) is 5.92 Å². The molecule has 23 heavy (non-hydrogen) atoms. The zero-order chi connectivity index (χ0) is 16.2. The molecule has 1 saturated carbocycles. The maximum atomic E-state index is 14.1. The second kappa shape index (κ2) is 7.27. The Balaban J connectivity index is 1.56. The fourth-order valence-electron chi connectivity index (χ4n) is 2.52. The molecular formula is C17H23FN2O3. The largest absolute Gasteiger partial charge is 0.490 e. The van der Waals surface area contributed by atoms with Gasteiger partial charge in [-0.15, -0.1) is 0 Å². The van der Waals surface area contributed by atoms with E-state index in [2.05, 4.69) is 10.6 Å². The minimum Gasteiger partial charge on any atom is -0.490 e. The van der Waals surface area contributed by atoms with Crippen molar-refractivity contribution < 1.29 is 18.7 Å². The number of amides is 1. The predicted octanol–water partition coefficient (Wildman–Crippen LogP) is 1.78. The topological polar surface area (TPSA) is 59.6 Å². The molecule has 0 radical (unpaired) electrons. The normalized spacial score (nSPS) is 22.4. The Morgan fingerprint density at radius 3 is 3.00 bits per heavy atom. The number of ether oxygens (including phenoxy) is 2. The van der Waals surface area contributed by atoms with Gasteiger partial charge in [0.2, 0.25) is 0 Å². The molecule has 0 aromatic heterocycles. The Labute approximate surface area is 135 Å². The van der Waals surface area contributed by atoms with Crippen molar-refractivity contribution in [3.8, 4) is 5.75 Å². The lowest BCUT2D eigenvalue weighted by atomic mass is 10.1. The van der Waals surface area contributed by atoms with Crippen LogP contribution in [0.1, 0.15) is 31.4 Å². The minimum absolute atomic E-state index is 0.181. The van der Waals surface area contributed by atoms with Gasteiger partial charge in [-0.1, -0.05) is 6.07 Å². The van der Waals surface area contributed by atoms with E-state index < -0.39 is 6.10 Å². The summed E-state index contributed by atoms with van der Waals surface area (Å²) in [6.07, 6.45) is 1.85. The number of hydrogen-bond donors (Lipinski definition) is 2. The molecule has 2 fully saturated rings. The van der Waals surface area contributed by atoms with E-state index in [0.29, 0.717) is 31.2 Å². The molecule has 2 aliphatic rings. The highest BCUT2D eigenvalue weighted by Crippen LogP contribution is 2.30. The Morgan fingerprint density at radius 2 is 2.35 bits per heavy atom. The molecule has 126 valence electrons. The summed E-state index contributed by atoms with van der Waals surface area (Å²) in [6, 6.07) is 4.55. The van der Waals surface area contributed by atoms with E-state index in [1.165, 1.54) is 18.9 Å². The van der Waals surface area contributed by atoms with Crippen molar-refractivity contribution in [2.75, 3.05) is 26.3 Å². The number of nitrogens with one attached hydrogen (secondary N) is 2. The maximum absolute atomic E-state index is 14.1. The Kier molecular flexibility index (Phi) is 5.13. The first-order valence-corrected chi connectivity index (χ1v) is 8.18. The third kappa shape index (κ3) is 4.42. The molecular weight excluding hydrogens is 299 g/mol. The molecule has 2 unspecified atom stereocenters. The molecule has 0 spiro atoms. The van der Waals surface area contributed by atoms with Crippen LogP contribution in [0.25, 0.3) is 0 Å². The maximum Gasteiger partial charge on any atom is 0.250 e. The summed E-state index contributed by atoms with van der Waals surface area (Å²) < 4.78 is 25.0. The molecule has 1 aromatic carbocycles. The van der Waals surface area contributed by atoms with E-state index in [4.69, 9.17) is 9.47 Å². The summed E-state index contributed by atoms with van der Waals surface area (Å²) in [5.74, 6) is 0.286. The molecule has 1 aromatic rings. The monoisotopic (exact) mass is 322 g/mol. The molecule has 1 saturated heterocycles. The Morgan fingerprint density at radius 1 is 1.52 bits per heavy atom. The highest BCUT2D eigenvalue weighted by atomic mass is 19.1. The number of halogens is 1. The number of benzene rings is 1. The average Bonchev–Trinajstić information content (AvgIpc) is 3.38. The van der Waals surface area contributed by atoms with Crippen LogP contribution in [0.3, 0.4) is 0 Å². The molecule has 6 heteroatoms. The van der Waals surface area contributed by atoms with Gasteiger partial charge < -0.3 is 20.1 Å². The highest BCUT2D eigenvalue weighted by Gasteiger charge is 2.24. The lowest BCUT2D eigenvalue weighted by molar-refractivity contribution is -0.134. The van der Waals surface area contributed by atoms with Gasteiger partial charge in [-0.25, -0.2) is 4.39 Å². The minimum atomic E-state index is -0.489. The molecule has 2 N–H and O–H groups in total. The third-order valence-corrected chi connectivity index (χ3v) is 4.21. The summed E-state index contributed by atoms with van der Waals surface area (Å²) in [5, 5.41) is 5.97. The number of hydrogen-bond acceptors (Lipinski definition) is 4.